The van der Waals surface area contributed by atoms with Crippen molar-refractivity contribution in [1.29, 1.82) is 0 Å². The highest BCUT2D eigenvalue weighted by molar-refractivity contribution is 7.14. The molecule has 3 rings (SSSR count). The SMILES string of the molecule is CC.CCO.Cc1ccc(-n2c(N)c(C(=O)c3ccc(F)cc3F)ccc2=O)s1. The molecule has 29 heavy (non-hydrogen) atoms. The van der Waals surface area contributed by atoms with Crippen molar-refractivity contribution in [1.82, 2.24) is 4.57 Å². The maximum absolute atomic E-state index is 13.9. The number of carbonyl (C=O) groups is 1. The molecule has 0 bridgehead atoms. The number of hydrogen-bond donors (Lipinski definition) is 2. The number of nitrogens with two attached hydrogens (primary N) is 1. The third kappa shape index (κ3) is 5.82. The number of ketones is 1. The maximum atomic E-state index is 13.9. The summed E-state index contributed by atoms with van der Waals surface area (Å²) >= 11 is 1.34. The second-order valence-electron chi connectivity index (χ2n) is 5.46. The fourth-order valence-corrected chi connectivity index (χ4v) is 3.22. The first-order valence-corrected chi connectivity index (χ1v) is 9.80. The molecule has 0 saturated heterocycles. The van der Waals surface area contributed by atoms with Gasteiger partial charge in [0.1, 0.15) is 22.5 Å². The lowest BCUT2D eigenvalue weighted by Gasteiger charge is -2.11. The average molecular weight is 422 g/mol. The molecule has 5 nitrogen and oxygen atoms in total. The largest absolute Gasteiger partial charge is 0.397 e. The summed E-state index contributed by atoms with van der Waals surface area (Å²) in [4.78, 5) is 25.6. The van der Waals surface area contributed by atoms with Crippen LogP contribution in [0.3, 0.4) is 0 Å². The van der Waals surface area contributed by atoms with Gasteiger partial charge in [-0.3, -0.25) is 14.2 Å². The topological polar surface area (TPSA) is 85.3 Å². The number of thiophene rings is 1. The summed E-state index contributed by atoms with van der Waals surface area (Å²) in [6.45, 7) is 7.80. The van der Waals surface area contributed by atoms with Crippen LogP contribution in [-0.4, -0.2) is 22.1 Å². The molecule has 0 radical (unpaired) electrons. The van der Waals surface area contributed by atoms with Gasteiger partial charge >= 0.3 is 0 Å². The van der Waals surface area contributed by atoms with E-state index in [1.54, 1.807) is 13.0 Å². The summed E-state index contributed by atoms with van der Waals surface area (Å²) in [6.07, 6.45) is 0. The van der Waals surface area contributed by atoms with Crippen LogP contribution in [0.4, 0.5) is 14.6 Å². The Labute approximate surface area is 172 Å². The number of rotatable bonds is 3. The normalized spacial score (nSPS) is 9.76. The number of nitrogens with zero attached hydrogens (tertiary/aromatic N) is 1. The summed E-state index contributed by atoms with van der Waals surface area (Å²) in [6, 6.07) is 8.65. The van der Waals surface area contributed by atoms with Crippen LogP contribution in [0.1, 0.15) is 41.6 Å². The summed E-state index contributed by atoms with van der Waals surface area (Å²) in [7, 11) is 0. The number of halogens is 2. The van der Waals surface area contributed by atoms with Gasteiger partial charge < -0.3 is 10.8 Å². The average Bonchev–Trinajstić information content (AvgIpc) is 3.09. The summed E-state index contributed by atoms with van der Waals surface area (Å²) in [5, 5.41) is 8.13. The second-order valence-corrected chi connectivity index (χ2v) is 6.73. The lowest BCUT2D eigenvalue weighted by molar-refractivity contribution is 0.103. The monoisotopic (exact) mass is 422 g/mol. The molecule has 0 saturated carbocycles. The van der Waals surface area contributed by atoms with Gasteiger partial charge in [0.2, 0.25) is 0 Å². The molecule has 1 aromatic carbocycles. The Morgan fingerprint density at radius 3 is 2.21 bits per heavy atom. The number of aryl methyl sites for hydroxylation is 1. The Balaban J connectivity index is 0.000000771. The molecule has 0 aliphatic carbocycles. The molecule has 0 atom stereocenters. The number of aliphatic hydroxyl groups is 1. The zero-order valence-corrected chi connectivity index (χ0v) is 17.5. The summed E-state index contributed by atoms with van der Waals surface area (Å²) in [5.41, 5.74) is 5.27. The predicted molar refractivity (Wildman–Crippen MR) is 113 cm³/mol. The van der Waals surface area contributed by atoms with E-state index in [9.17, 15) is 18.4 Å². The molecule has 0 aliphatic rings. The van der Waals surface area contributed by atoms with Gasteiger partial charge in [0, 0.05) is 23.6 Å². The van der Waals surface area contributed by atoms with Crippen LogP contribution in [-0.2, 0) is 0 Å². The maximum Gasteiger partial charge on any atom is 0.257 e. The van der Waals surface area contributed by atoms with Gasteiger partial charge in [0.15, 0.2) is 5.78 Å². The van der Waals surface area contributed by atoms with Crippen molar-refractivity contribution in [2.24, 2.45) is 0 Å². The molecule has 156 valence electrons. The Hall–Kier alpha value is -2.84. The zero-order valence-electron chi connectivity index (χ0n) is 16.7. The molecule has 3 aromatic rings. The standard InChI is InChI=1S/C17H12F2N2O2S.C2H6O.C2H6/c1-9-2-7-15(24-9)21-14(22)6-5-12(17(21)20)16(23)11-4-3-10(18)8-13(11)19;1-2-3;1-2/h2-8H,20H2,1H3;3H,2H2,1H3;1-2H3. The molecule has 8 heteroatoms. The van der Waals surface area contributed by atoms with E-state index in [2.05, 4.69) is 0 Å². The molecule has 3 N–H and O–H groups in total. The van der Waals surface area contributed by atoms with Crippen LogP contribution < -0.4 is 11.3 Å². The molecular weight excluding hydrogens is 398 g/mol. The Morgan fingerprint density at radius 1 is 1.10 bits per heavy atom. The van der Waals surface area contributed by atoms with E-state index in [1.807, 2.05) is 26.8 Å². The molecule has 0 fully saturated rings. The number of aliphatic hydroxyl groups excluding tert-OH is 1. The first-order chi connectivity index (χ1) is 13.8. The minimum Gasteiger partial charge on any atom is -0.397 e. The first kappa shape index (κ1) is 24.2. The predicted octanol–water partition coefficient (Wildman–Crippen LogP) is 4.32. The summed E-state index contributed by atoms with van der Waals surface area (Å²) < 4.78 is 28.1. The molecule has 0 aliphatic heterocycles. The van der Waals surface area contributed by atoms with Crippen molar-refractivity contribution < 1.29 is 18.7 Å². The molecule has 2 aromatic heterocycles. The van der Waals surface area contributed by atoms with E-state index in [1.165, 1.54) is 28.0 Å². The Morgan fingerprint density at radius 2 is 1.69 bits per heavy atom. The Bertz CT molecular complexity index is 1030. The lowest BCUT2D eigenvalue weighted by Crippen LogP contribution is -2.23. The van der Waals surface area contributed by atoms with E-state index < -0.39 is 23.0 Å². The molecule has 0 spiro atoms. The quantitative estimate of drug-likeness (QED) is 0.616. The number of hydrogen-bond acceptors (Lipinski definition) is 5. The fourth-order valence-electron chi connectivity index (χ4n) is 2.33. The number of nitrogen functional groups attached to an aromatic ring is 1. The van der Waals surface area contributed by atoms with E-state index in [4.69, 9.17) is 10.8 Å². The number of carbonyl (C=O) groups excluding carboxylic acids is 1. The minimum atomic E-state index is -0.982. The lowest BCUT2D eigenvalue weighted by atomic mass is 10.0. The van der Waals surface area contributed by atoms with Crippen LogP contribution >= 0.6 is 11.3 Å². The van der Waals surface area contributed by atoms with Crippen molar-refractivity contribution in [3.63, 3.8) is 0 Å². The van der Waals surface area contributed by atoms with Crippen molar-refractivity contribution in [3.05, 3.63) is 80.5 Å². The van der Waals surface area contributed by atoms with E-state index in [0.717, 1.165) is 17.0 Å². The highest BCUT2D eigenvalue weighted by Crippen LogP contribution is 2.24. The van der Waals surface area contributed by atoms with Gasteiger partial charge in [0.05, 0.1) is 11.1 Å². The first-order valence-electron chi connectivity index (χ1n) is 8.99. The van der Waals surface area contributed by atoms with Crippen LogP contribution in [0, 0.1) is 18.6 Å². The molecule has 0 unspecified atom stereocenters. The van der Waals surface area contributed by atoms with E-state index in [-0.39, 0.29) is 23.6 Å². The van der Waals surface area contributed by atoms with Crippen LogP contribution in [0.15, 0.2) is 47.3 Å². The van der Waals surface area contributed by atoms with Gasteiger partial charge in [0.25, 0.3) is 5.56 Å². The number of aromatic nitrogens is 1. The molecule has 2 heterocycles. The van der Waals surface area contributed by atoms with Gasteiger partial charge in [-0.2, -0.15) is 0 Å². The van der Waals surface area contributed by atoms with Crippen LogP contribution in [0.25, 0.3) is 5.00 Å². The second kappa shape index (κ2) is 11.2. The highest BCUT2D eigenvalue weighted by Gasteiger charge is 2.20. The van der Waals surface area contributed by atoms with Crippen molar-refractivity contribution >= 4 is 22.9 Å². The molecule has 0 amide bonds. The van der Waals surface area contributed by atoms with Gasteiger partial charge in [-0.15, -0.1) is 11.3 Å². The van der Waals surface area contributed by atoms with Gasteiger partial charge in [-0.25, -0.2) is 8.78 Å². The smallest absolute Gasteiger partial charge is 0.257 e. The third-order valence-corrected chi connectivity index (χ3v) is 4.48. The summed E-state index contributed by atoms with van der Waals surface area (Å²) in [5.74, 6) is -2.56. The van der Waals surface area contributed by atoms with Crippen LogP contribution in [0.5, 0.6) is 0 Å². The zero-order chi connectivity index (χ0) is 22.1. The third-order valence-electron chi connectivity index (χ3n) is 3.50. The number of benzene rings is 1. The number of anilines is 1. The highest BCUT2D eigenvalue weighted by atomic mass is 32.1. The van der Waals surface area contributed by atoms with Gasteiger partial charge in [-0.1, -0.05) is 13.8 Å². The van der Waals surface area contributed by atoms with Crippen molar-refractivity contribution in [2.45, 2.75) is 27.7 Å². The van der Waals surface area contributed by atoms with Gasteiger partial charge in [-0.05, 0) is 44.2 Å². The van der Waals surface area contributed by atoms with Crippen LogP contribution in [0.2, 0.25) is 0 Å². The Kier molecular flexibility index (Phi) is 9.37. The fraction of sp³-hybridized carbons (Fsp3) is 0.238. The minimum absolute atomic E-state index is 0.0221. The van der Waals surface area contributed by atoms with Crippen molar-refractivity contribution in [2.75, 3.05) is 12.3 Å². The molecular formula is C21H24F2N2O3S. The van der Waals surface area contributed by atoms with E-state index >= 15 is 0 Å². The van der Waals surface area contributed by atoms with E-state index in [0.29, 0.717) is 11.1 Å². The number of pyridine rings is 1. The van der Waals surface area contributed by atoms with Crippen molar-refractivity contribution in [3.8, 4) is 5.00 Å².